The van der Waals surface area contributed by atoms with Gasteiger partial charge in [0.1, 0.15) is 5.69 Å². The molecule has 24 heavy (non-hydrogen) atoms. The molecular formula is C17H20ClN3O3. The van der Waals surface area contributed by atoms with Crippen LogP contribution in [0.4, 0.5) is 0 Å². The molecule has 3 N–H and O–H groups in total. The van der Waals surface area contributed by atoms with Crippen LogP contribution in [0.1, 0.15) is 30.3 Å². The van der Waals surface area contributed by atoms with Crippen molar-refractivity contribution in [3.63, 3.8) is 0 Å². The average molecular weight is 350 g/mol. The lowest BCUT2D eigenvalue weighted by Crippen LogP contribution is -2.54. The Kier molecular flexibility index (Phi) is 4.78. The number of rotatable bonds is 6. The van der Waals surface area contributed by atoms with E-state index < -0.39 is 5.97 Å². The summed E-state index contributed by atoms with van der Waals surface area (Å²) >= 11 is 5.95. The molecule has 1 amide bonds. The molecule has 1 heterocycles. The third-order valence-electron chi connectivity index (χ3n) is 4.54. The zero-order valence-electron chi connectivity index (χ0n) is 13.4. The first-order valence-electron chi connectivity index (χ1n) is 8.01. The molecule has 6 nitrogen and oxygen atoms in total. The highest BCUT2D eigenvalue weighted by Crippen LogP contribution is 2.26. The van der Waals surface area contributed by atoms with Gasteiger partial charge in [-0.1, -0.05) is 24.6 Å². The summed E-state index contributed by atoms with van der Waals surface area (Å²) in [6.45, 7) is 2.69. The topological polar surface area (TPSA) is 85.4 Å². The van der Waals surface area contributed by atoms with E-state index >= 15 is 0 Å². The quantitative estimate of drug-likeness (QED) is 0.748. The van der Waals surface area contributed by atoms with E-state index in [2.05, 4.69) is 10.3 Å². The molecule has 0 aliphatic heterocycles. The Morgan fingerprint density at radius 3 is 2.79 bits per heavy atom. The van der Waals surface area contributed by atoms with Crippen LogP contribution in [0.3, 0.4) is 0 Å². The molecule has 1 fully saturated rings. The number of hydrogen-bond donors (Lipinski definition) is 3. The number of fused-ring (bicyclic) bond motifs is 1. The van der Waals surface area contributed by atoms with Gasteiger partial charge in [-0.3, -0.25) is 14.5 Å². The number of H-pyrrole nitrogens is 1. The molecule has 2 aromatic rings. The fourth-order valence-corrected chi connectivity index (χ4v) is 3.33. The van der Waals surface area contributed by atoms with Crippen molar-refractivity contribution in [2.24, 2.45) is 0 Å². The SMILES string of the molecule is CCN(CC(=O)O)C1CC(NC(=O)c2cc3ccc(Cl)cc3[nH]2)C1. The predicted molar refractivity (Wildman–Crippen MR) is 92.5 cm³/mol. The van der Waals surface area contributed by atoms with Gasteiger partial charge in [0, 0.05) is 28.0 Å². The van der Waals surface area contributed by atoms with Crippen molar-refractivity contribution >= 4 is 34.4 Å². The molecule has 0 saturated heterocycles. The minimum absolute atomic E-state index is 0.0462. The fraction of sp³-hybridized carbons (Fsp3) is 0.412. The first kappa shape index (κ1) is 16.8. The summed E-state index contributed by atoms with van der Waals surface area (Å²) in [5.74, 6) is -0.965. The van der Waals surface area contributed by atoms with Crippen LogP contribution in [0, 0.1) is 0 Å². The van der Waals surface area contributed by atoms with E-state index in [1.807, 2.05) is 17.9 Å². The third kappa shape index (κ3) is 3.55. The van der Waals surface area contributed by atoms with E-state index in [0.29, 0.717) is 17.3 Å². The lowest BCUT2D eigenvalue weighted by Gasteiger charge is -2.42. The van der Waals surface area contributed by atoms with Crippen molar-refractivity contribution in [3.8, 4) is 0 Å². The number of carbonyl (C=O) groups is 2. The molecule has 7 heteroatoms. The maximum absolute atomic E-state index is 12.3. The lowest BCUT2D eigenvalue weighted by atomic mass is 9.85. The molecule has 3 rings (SSSR count). The van der Waals surface area contributed by atoms with Crippen LogP contribution in [0.25, 0.3) is 10.9 Å². The zero-order chi connectivity index (χ0) is 17.3. The van der Waals surface area contributed by atoms with Gasteiger partial charge in [0.25, 0.3) is 5.91 Å². The Labute approximate surface area is 144 Å². The van der Waals surface area contributed by atoms with E-state index in [0.717, 1.165) is 23.7 Å². The Balaban J connectivity index is 1.57. The van der Waals surface area contributed by atoms with Crippen LogP contribution >= 0.6 is 11.6 Å². The molecule has 128 valence electrons. The van der Waals surface area contributed by atoms with Gasteiger partial charge in [-0.05, 0) is 37.6 Å². The first-order valence-corrected chi connectivity index (χ1v) is 8.39. The number of likely N-dealkylation sites (N-methyl/N-ethyl adjacent to an activating group) is 1. The van der Waals surface area contributed by atoms with Crippen LogP contribution < -0.4 is 5.32 Å². The molecule has 0 unspecified atom stereocenters. The number of aromatic nitrogens is 1. The van der Waals surface area contributed by atoms with E-state index in [-0.39, 0.29) is 24.5 Å². The average Bonchev–Trinajstić information content (AvgIpc) is 2.91. The molecule has 1 aliphatic carbocycles. The van der Waals surface area contributed by atoms with Gasteiger partial charge in [0.2, 0.25) is 0 Å². The molecule has 0 spiro atoms. The molecule has 1 aliphatic rings. The van der Waals surface area contributed by atoms with Gasteiger partial charge in [0.05, 0.1) is 6.54 Å². The highest BCUT2D eigenvalue weighted by Gasteiger charge is 2.34. The number of amides is 1. The van der Waals surface area contributed by atoms with Crippen LogP contribution in [0.2, 0.25) is 5.02 Å². The molecular weight excluding hydrogens is 330 g/mol. The second kappa shape index (κ2) is 6.83. The van der Waals surface area contributed by atoms with E-state index in [1.165, 1.54) is 0 Å². The predicted octanol–water partition coefficient (Wildman–Crippen LogP) is 2.49. The number of nitrogens with zero attached hydrogens (tertiary/aromatic N) is 1. The van der Waals surface area contributed by atoms with Gasteiger partial charge in [-0.2, -0.15) is 0 Å². The smallest absolute Gasteiger partial charge is 0.317 e. The Morgan fingerprint density at radius 1 is 1.38 bits per heavy atom. The normalized spacial score (nSPS) is 20.1. The highest BCUT2D eigenvalue weighted by molar-refractivity contribution is 6.31. The van der Waals surface area contributed by atoms with Crippen molar-refractivity contribution in [1.29, 1.82) is 0 Å². The summed E-state index contributed by atoms with van der Waals surface area (Å²) in [6.07, 6.45) is 1.55. The highest BCUT2D eigenvalue weighted by atomic mass is 35.5. The summed E-state index contributed by atoms with van der Waals surface area (Å²) in [4.78, 5) is 28.2. The Bertz CT molecular complexity index is 768. The van der Waals surface area contributed by atoms with Crippen molar-refractivity contribution in [3.05, 3.63) is 35.0 Å². The molecule has 1 saturated carbocycles. The van der Waals surface area contributed by atoms with E-state index in [9.17, 15) is 9.59 Å². The Morgan fingerprint density at radius 2 is 2.12 bits per heavy atom. The summed E-state index contributed by atoms with van der Waals surface area (Å²) in [5, 5.41) is 13.5. The molecule has 1 aromatic heterocycles. The van der Waals surface area contributed by atoms with Gasteiger partial charge >= 0.3 is 5.97 Å². The standard InChI is InChI=1S/C17H20ClN3O3/c1-2-21(9-16(22)23)13-7-12(8-13)19-17(24)15-5-10-3-4-11(18)6-14(10)20-15/h3-6,12-13,20H,2,7-9H2,1H3,(H,19,24)(H,22,23). The number of carboxylic acids is 1. The first-order chi connectivity index (χ1) is 11.5. The van der Waals surface area contributed by atoms with Crippen LogP contribution in [0.15, 0.2) is 24.3 Å². The minimum atomic E-state index is -0.818. The second-order valence-corrected chi connectivity index (χ2v) is 6.60. The number of aliphatic carboxylic acids is 1. The van der Waals surface area contributed by atoms with Crippen molar-refractivity contribution in [2.45, 2.75) is 31.8 Å². The number of hydrogen-bond acceptors (Lipinski definition) is 3. The number of halogens is 1. The molecule has 0 atom stereocenters. The van der Waals surface area contributed by atoms with Gasteiger partial charge < -0.3 is 15.4 Å². The molecule has 0 radical (unpaired) electrons. The number of carboxylic acid groups (broad SMARTS) is 1. The van der Waals surface area contributed by atoms with Gasteiger partial charge in [0.15, 0.2) is 0 Å². The van der Waals surface area contributed by atoms with Crippen LogP contribution in [0.5, 0.6) is 0 Å². The number of benzene rings is 1. The third-order valence-corrected chi connectivity index (χ3v) is 4.77. The van der Waals surface area contributed by atoms with Crippen LogP contribution in [-0.2, 0) is 4.79 Å². The second-order valence-electron chi connectivity index (χ2n) is 6.17. The lowest BCUT2D eigenvalue weighted by molar-refractivity contribution is -0.139. The van der Waals surface area contributed by atoms with E-state index in [1.54, 1.807) is 18.2 Å². The van der Waals surface area contributed by atoms with Crippen molar-refractivity contribution in [2.75, 3.05) is 13.1 Å². The molecule has 1 aromatic carbocycles. The maximum atomic E-state index is 12.3. The number of carbonyl (C=O) groups excluding carboxylic acids is 1. The van der Waals surface area contributed by atoms with Crippen molar-refractivity contribution < 1.29 is 14.7 Å². The summed E-state index contributed by atoms with van der Waals surface area (Å²) < 4.78 is 0. The molecule has 0 bridgehead atoms. The summed E-state index contributed by atoms with van der Waals surface area (Å²) in [5.41, 5.74) is 1.34. The number of nitrogens with one attached hydrogen (secondary N) is 2. The minimum Gasteiger partial charge on any atom is -0.480 e. The van der Waals surface area contributed by atoms with Gasteiger partial charge in [-0.15, -0.1) is 0 Å². The van der Waals surface area contributed by atoms with Gasteiger partial charge in [-0.25, -0.2) is 0 Å². The van der Waals surface area contributed by atoms with E-state index in [4.69, 9.17) is 16.7 Å². The largest absolute Gasteiger partial charge is 0.480 e. The number of aromatic amines is 1. The fourth-order valence-electron chi connectivity index (χ4n) is 3.16. The Hall–Kier alpha value is -2.05. The zero-order valence-corrected chi connectivity index (χ0v) is 14.1. The maximum Gasteiger partial charge on any atom is 0.317 e. The van der Waals surface area contributed by atoms with Crippen LogP contribution in [-0.4, -0.2) is 52.0 Å². The summed E-state index contributed by atoms with van der Waals surface area (Å²) in [7, 11) is 0. The summed E-state index contributed by atoms with van der Waals surface area (Å²) in [6, 6.07) is 7.56. The van der Waals surface area contributed by atoms with Crippen molar-refractivity contribution in [1.82, 2.24) is 15.2 Å². The monoisotopic (exact) mass is 349 g/mol.